The van der Waals surface area contributed by atoms with Gasteiger partial charge in [0, 0.05) is 43.3 Å². The van der Waals surface area contributed by atoms with Crippen LogP contribution in [0.2, 0.25) is 0 Å². The van der Waals surface area contributed by atoms with Gasteiger partial charge in [-0.1, -0.05) is 13.8 Å². The molecule has 3 rings (SSSR count). The van der Waals surface area contributed by atoms with E-state index in [-0.39, 0.29) is 6.10 Å². The number of rotatable bonds is 5. The van der Waals surface area contributed by atoms with E-state index in [1.165, 1.54) is 11.5 Å². The van der Waals surface area contributed by atoms with Crippen LogP contribution in [0.3, 0.4) is 0 Å². The summed E-state index contributed by atoms with van der Waals surface area (Å²) < 4.78 is 10.4. The first-order valence-electron chi connectivity index (χ1n) is 7.35. The standard InChI is InChI=1S/C15H20N4OS/c1-11(2)9-14-17-15(21-18-14)19-8-5-13(10-19)20-12-3-6-16-7-4-12/h3-4,6-7,11,13H,5,8-10H2,1-2H3. The summed E-state index contributed by atoms with van der Waals surface area (Å²) in [5.74, 6) is 2.44. The van der Waals surface area contributed by atoms with E-state index in [1.54, 1.807) is 12.4 Å². The average molecular weight is 304 g/mol. The number of aromatic nitrogens is 3. The van der Waals surface area contributed by atoms with Gasteiger partial charge in [-0.2, -0.15) is 4.37 Å². The van der Waals surface area contributed by atoms with E-state index in [4.69, 9.17) is 4.74 Å². The number of hydrogen-bond donors (Lipinski definition) is 0. The molecular formula is C15H20N4OS. The van der Waals surface area contributed by atoms with E-state index >= 15 is 0 Å². The second-order valence-electron chi connectivity index (χ2n) is 5.75. The monoisotopic (exact) mass is 304 g/mol. The van der Waals surface area contributed by atoms with E-state index in [1.807, 2.05) is 12.1 Å². The molecule has 0 bridgehead atoms. The number of ether oxygens (including phenoxy) is 1. The van der Waals surface area contributed by atoms with E-state index in [0.717, 1.165) is 42.6 Å². The summed E-state index contributed by atoms with van der Waals surface area (Å²) in [6, 6.07) is 3.79. The summed E-state index contributed by atoms with van der Waals surface area (Å²) in [6.45, 7) is 6.23. The normalized spacial score (nSPS) is 18.4. The van der Waals surface area contributed by atoms with E-state index in [0.29, 0.717) is 5.92 Å². The molecule has 0 spiro atoms. The van der Waals surface area contributed by atoms with Crippen LogP contribution in [0.1, 0.15) is 26.1 Å². The number of nitrogens with zero attached hydrogens (tertiary/aromatic N) is 4. The summed E-state index contributed by atoms with van der Waals surface area (Å²) in [5.41, 5.74) is 0. The highest BCUT2D eigenvalue weighted by Gasteiger charge is 2.26. The Bertz CT molecular complexity index is 572. The van der Waals surface area contributed by atoms with Crippen LogP contribution < -0.4 is 9.64 Å². The third-order valence-corrected chi connectivity index (χ3v) is 4.23. The maximum atomic E-state index is 5.97. The molecule has 2 aromatic rings. The van der Waals surface area contributed by atoms with Crippen molar-refractivity contribution in [3.8, 4) is 5.75 Å². The van der Waals surface area contributed by atoms with Crippen LogP contribution >= 0.6 is 11.5 Å². The van der Waals surface area contributed by atoms with Crippen molar-refractivity contribution in [1.29, 1.82) is 0 Å². The predicted octanol–water partition coefficient (Wildman–Crippen LogP) is 2.79. The molecule has 0 aromatic carbocycles. The van der Waals surface area contributed by atoms with Crippen molar-refractivity contribution in [3.63, 3.8) is 0 Å². The first-order valence-corrected chi connectivity index (χ1v) is 8.12. The molecule has 0 saturated carbocycles. The average Bonchev–Trinajstić information content (AvgIpc) is 3.08. The highest BCUT2D eigenvalue weighted by molar-refractivity contribution is 7.09. The summed E-state index contributed by atoms with van der Waals surface area (Å²) >= 11 is 1.50. The molecule has 1 atom stereocenters. The summed E-state index contributed by atoms with van der Waals surface area (Å²) in [4.78, 5) is 10.9. The summed E-state index contributed by atoms with van der Waals surface area (Å²) in [7, 11) is 0. The Morgan fingerprint density at radius 1 is 1.38 bits per heavy atom. The van der Waals surface area contributed by atoms with Crippen LogP contribution in [0.15, 0.2) is 24.5 Å². The Balaban J connectivity index is 1.58. The second-order valence-corrected chi connectivity index (χ2v) is 6.48. The smallest absolute Gasteiger partial charge is 0.205 e. The summed E-state index contributed by atoms with van der Waals surface area (Å²) in [5, 5.41) is 1.02. The van der Waals surface area contributed by atoms with Gasteiger partial charge in [-0.15, -0.1) is 0 Å². The highest BCUT2D eigenvalue weighted by Crippen LogP contribution is 2.25. The van der Waals surface area contributed by atoms with Crippen LogP contribution in [0, 0.1) is 5.92 Å². The Labute approximate surface area is 129 Å². The second kappa shape index (κ2) is 6.39. The van der Waals surface area contributed by atoms with E-state index in [2.05, 4.69) is 33.1 Å². The SMILES string of the molecule is CC(C)Cc1nsc(N2CCC(Oc3ccncc3)C2)n1. The van der Waals surface area contributed by atoms with Crippen molar-refractivity contribution in [3.05, 3.63) is 30.4 Å². The molecule has 1 fully saturated rings. The van der Waals surface area contributed by atoms with Gasteiger partial charge in [-0.25, -0.2) is 4.98 Å². The molecule has 0 aliphatic carbocycles. The van der Waals surface area contributed by atoms with Crippen LogP contribution in [0.5, 0.6) is 5.75 Å². The lowest BCUT2D eigenvalue weighted by molar-refractivity contribution is 0.224. The minimum Gasteiger partial charge on any atom is -0.488 e. The number of hydrogen-bond acceptors (Lipinski definition) is 6. The lowest BCUT2D eigenvalue weighted by atomic mass is 10.1. The molecule has 112 valence electrons. The minimum absolute atomic E-state index is 0.213. The Morgan fingerprint density at radius 3 is 2.95 bits per heavy atom. The fourth-order valence-corrected chi connectivity index (χ4v) is 3.16. The maximum Gasteiger partial charge on any atom is 0.205 e. The van der Waals surface area contributed by atoms with Gasteiger partial charge in [0.1, 0.15) is 17.7 Å². The van der Waals surface area contributed by atoms with Crippen LogP contribution in [0.25, 0.3) is 0 Å². The van der Waals surface area contributed by atoms with Crippen molar-refractivity contribution < 1.29 is 4.74 Å². The Hall–Kier alpha value is -1.69. The Kier molecular flexibility index (Phi) is 4.34. The molecule has 3 heterocycles. The third kappa shape index (κ3) is 3.69. The van der Waals surface area contributed by atoms with Crippen LogP contribution in [0.4, 0.5) is 5.13 Å². The van der Waals surface area contributed by atoms with E-state index in [9.17, 15) is 0 Å². The molecule has 6 heteroatoms. The third-order valence-electron chi connectivity index (χ3n) is 3.42. The first kappa shape index (κ1) is 14.3. The number of anilines is 1. The zero-order valence-corrected chi connectivity index (χ0v) is 13.2. The lowest BCUT2D eigenvalue weighted by Crippen LogP contribution is -2.24. The van der Waals surface area contributed by atoms with Crippen molar-refractivity contribution in [2.75, 3.05) is 18.0 Å². The van der Waals surface area contributed by atoms with Crippen LogP contribution in [-0.2, 0) is 6.42 Å². The van der Waals surface area contributed by atoms with E-state index < -0.39 is 0 Å². The summed E-state index contributed by atoms with van der Waals surface area (Å²) in [6.07, 6.45) is 5.68. The zero-order chi connectivity index (χ0) is 14.7. The molecule has 1 aliphatic rings. The van der Waals surface area contributed by atoms with Crippen LogP contribution in [-0.4, -0.2) is 33.5 Å². The van der Waals surface area contributed by atoms with Gasteiger partial charge in [-0.05, 0) is 18.1 Å². The predicted molar refractivity (Wildman–Crippen MR) is 83.9 cm³/mol. The van der Waals surface area contributed by atoms with Gasteiger partial charge >= 0.3 is 0 Å². The fourth-order valence-electron chi connectivity index (χ4n) is 2.43. The lowest BCUT2D eigenvalue weighted by Gasteiger charge is -2.15. The van der Waals surface area contributed by atoms with Gasteiger partial charge in [-0.3, -0.25) is 4.98 Å². The van der Waals surface area contributed by atoms with Crippen molar-refractivity contribution in [2.24, 2.45) is 5.92 Å². The molecule has 0 N–H and O–H groups in total. The molecule has 0 radical (unpaired) electrons. The molecular weight excluding hydrogens is 284 g/mol. The quantitative estimate of drug-likeness (QED) is 0.850. The molecule has 1 saturated heterocycles. The van der Waals surface area contributed by atoms with Gasteiger partial charge in [0.25, 0.3) is 0 Å². The van der Waals surface area contributed by atoms with Crippen molar-refractivity contribution in [1.82, 2.24) is 14.3 Å². The minimum atomic E-state index is 0.213. The van der Waals surface area contributed by atoms with Gasteiger partial charge < -0.3 is 9.64 Å². The van der Waals surface area contributed by atoms with Crippen molar-refractivity contribution in [2.45, 2.75) is 32.8 Å². The first-order chi connectivity index (χ1) is 10.2. The largest absolute Gasteiger partial charge is 0.488 e. The molecule has 0 amide bonds. The van der Waals surface area contributed by atoms with Gasteiger partial charge in [0.15, 0.2) is 0 Å². The zero-order valence-electron chi connectivity index (χ0n) is 12.4. The number of pyridine rings is 1. The topological polar surface area (TPSA) is 51.1 Å². The fraction of sp³-hybridized carbons (Fsp3) is 0.533. The van der Waals surface area contributed by atoms with Gasteiger partial charge in [0.2, 0.25) is 5.13 Å². The highest BCUT2D eigenvalue weighted by atomic mass is 32.1. The maximum absolute atomic E-state index is 5.97. The van der Waals surface area contributed by atoms with Gasteiger partial charge in [0.05, 0.1) is 6.54 Å². The molecule has 21 heavy (non-hydrogen) atoms. The molecule has 1 unspecified atom stereocenters. The van der Waals surface area contributed by atoms with Crippen molar-refractivity contribution >= 4 is 16.7 Å². The molecule has 2 aromatic heterocycles. The Morgan fingerprint density at radius 2 is 2.19 bits per heavy atom. The molecule has 1 aliphatic heterocycles. The molecule has 5 nitrogen and oxygen atoms in total.